The Morgan fingerprint density at radius 2 is 2.24 bits per heavy atom. The average Bonchev–Trinajstić information content (AvgIpc) is 3.10. The van der Waals surface area contributed by atoms with Gasteiger partial charge in [0.1, 0.15) is 11.1 Å². The molecule has 1 aliphatic heterocycles. The maximum Gasteiger partial charge on any atom is 0.289 e. The highest BCUT2D eigenvalue weighted by atomic mass is 35.5. The summed E-state index contributed by atoms with van der Waals surface area (Å²) in [7, 11) is 0. The third-order valence-electron chi connectivity index (χ3n) is 3.57. The second-order valence-corrected chi connectivity index (χ2v) is 5.77. The van der Waals surface area contributed by atoms with Gasteiger partial charge in [0.05, 0.1) is 23.7 Å². The van der Waals surface area contributed by atoms with Gasteiger partial charge in [-0.1, -0.05) is 11.6 Å². The number of anilines is 1. The minimum Gasteiger partial charge on any atom is -0.472 e. The van der Waals surface area contributed by atoms with Gasteiger partial charge in [-0.15, -0.1) is 0 Å². The lowest BCUT2D eigenvalue weighted by molar-refractivity contribution is -0.384. The van der Waals surface area contributed by atoms with E-state index in [4.69, 9.17) is 21.1 Å². The number of hydrogen-bond acceptors (Lipinski definition) is 6. The van der Waals surface area contributed by atoms with Crippen molar-refractivity contribution in [3.05, 3.63) is 57.2 Å². The van der Waals surface area contributed by atoms with Crippen molar-refractivity contribution in [2.24, 2.45) is 0 Å². The van der Waals surface area contributed by atoms with Crippen molar-refractivity contribution in [3.8, 4) is 5.88 Å². The molecule has 1 aliphatic rings. The number of nitrogens with zero attached hydrogens (tertiary/aromatic N) is 2. The Bertz CT molecular complexity index is 791. The van der Waals surface area contributed by atoms with E-state index in [0.717, 1.165) is 6.42 Å². The van der Waals surface area contributed by atoms with Crippen LogP contribution in [-0.2, 0) is 4.74 Å². The summed E-state index contributed by atoms with van der Waals surface area (Å²) in [5.74, 6) is -0.0333. The van der Waals surface area contributed by atoms with Crippen LogP contribution in [0.1, 0.15) is 16.8 Å². The first-order valence-corrected chi connectivity index (χ1v) is 7.86. The molecule has 0 spiro atoms. The molecule has 2 aromatic rings. The number of nitro benzene ring substituents is 1. The van der Waals surface area contributed by atoms with Crippen LogP contribution in [0, 0.1) is 10.1 Å². The fourth-order valence-corrected chi connectivity index (χ4v) is 2.48. The summed E-state index contributed by atoms with van der Waals surface area (Å²) in [5, 5.41) is 13.5. The Kier molecular flexibility index (Phi) is 5.11. The number of benzene rings is 1. The van der Waals surface area contributed by atoms with E-state index in [2.05, 4.69) is 10.3 Å². The number of amides is 1. The maximum atomic E-state index is 12.2. The molecule has 1 N–H and O–H groups in total. The quantitative estimate of drug-likeness (QED) is 0.646. The molecule has 1 unspecified atom stereocenters. The van der Waals surface area contributed by atoms with Gasteiger partial charge in [0, 0.05) is 30.4 Å². The van der Waals surface area contributed by atoms with E-state index in [1.807, 2.05) is 0 Å². The molecule has 9 heteroatoms. The van der Waals surface area contributed by atoms with Gasteiger partial charge in [-0.05, 0) is 18.2 Å². The zero-order valence-electron chi connectivity index (χ0n) is 13.0. The number of nitrogens with one attached hydrogen (secondary N) is 1. The number of halogens is 1. The predicted octanol–water partition coefficient (Wildman–Crippen LogP) is 3.06. The van der Waals surface area contributed by atoms with E-state index in [0.29, 0.717) is 24.7 Å². The van der Waals surface area contributed by atoms with Gasteiger partial charge in [0.2, 0.25) is 5.88 Å². The van der Waals surface area contributed by atoms with Crippen LogP contribution in [0.2, 0.25) is 5.02 Å². The Morgan fingerprint density at radius 1 is 1.40 bits per heavy atom. The third kappa shape index (κ3) is 4.23. The highest BCUT2D eigenvalue weighted by molar-refractivity contribution is 6.32. The Morgan fingerprint density at radius 3 is 2.88 bits per heavy atom. The molecule has 0 radical (unpaired) electrons. The first-order chi connectivity index (χ1) is 12.0. The number of carbonyl (C=O) groups excluding carboxylic acids is 1. The van der Waals surface area contributed by atoms with E-state index in [1.54, 1.807) is 12.1 Å². The van der Waals surface area contributed by atoms with Crippen molar-refractivity contribution in [1.82, 2.24) is 4.98 Å². The van der Waals surface area contributed by atoms with Gasteiger partial charge < -0.3 is 14.8 Å². The molecular formula is C16H14ClN3O5. The fourth-order valence-electron chi connectivity index (χ4n) is 2.29. The minimum atomic E-state index is -0.613. The van der Waals surface area contributed by atoms with Crippen LogP contribution < -0.4 is 10.1 Å². The molecule has 1 atom stereocenters. The summed E-state index contributed by atoms with van der Waals surface area (Å²) >= 11 is 5.74. The molecule has 2 heterocycles. The second-order valence-electron chi connectivity index (χ2n) is 5.37. The molecule has 1 saturated heterocycles. The van der Waals surface area contributed by atoms with Crippen molar-refractivity contribution in [2.45, 2.75) is 12.5 Å². The predicted molar refractivity (Wildman–Crippen MR) is 90.1 cm³/mol. The molecule has 0 saturated carbocycles. The number of ether oxygens (including phenoxy) is 2. The molecule has 1 fully saturated rings. The van der Waals surface area contributed by atoms with Crippen molar-refractivity contribution in [2.75, 3.05) is 18.5 Å². The summed E-state index contributed by atoms with van der Waals surface area (Å²) in [4.78, 5) is 26.6. The number of nitro groups is 1. The summed E-state index contributed by atoms with van der Waals surface area (Å²) in [6, 6.07) is 7.20. The lowest BCUT2D eigenvalue weighted by Gasteiger charge is -2.11. The van der Waals surface area contributed by atoms with E-state index < -0.39 is 10.8 Å². The summed E-state index contributed by atoms with van der Waals surface area (Å²) in [5.41, 5.74) is 0.289. The zero-order valence-corrected chi connectivity index (χ0v) is 13.7. The van der Waals surface area contributed by atoms with Crippen LogP contribution in [0.4, 0.5) is 11.4 Å². The second kappa shape index (κ2) is 7.45. The fraction of sp³-hybridized carbons (Fsp3) is 0.250. The van der Waals surface area contributed by atoms with Gasteiger partial charge in [0.25, 0.3) is 11.6 Å². The van der Waals surface area contributed by atoms with Gasteiger partial charge in [-0.25, -0.2) is 4.98 Å². The molecular weight excluding hydrogens is 350 g/mol. The molecule has 3 rings (SSSR count). The number of rotatable bonds is 5. The Balaban J connectivity index is 1.66. The van der Waals surface area contributed by atoms with Crippen molar-refractivity contribution in [3.63, 3.8) is 0 Å². The minimum absolute atomic E-state index is 0.00191. The Labute approximate surface area is 147 Å². The van der Waals surface area contributed by atoms with Crippen LogP contribution in [0.3, 0.4) is 0 Å². The highest BCUT2D eigenvalue weighted by Gasteiger charge is 2.18. The normalized spacial score (nSPS) is 16.4. The van der Waals surface area contributed by atoms with Crippen molar-refractivity contribution >= 4 is 28.9 Å². The first-order valence-electron chi connectivity index (χ1n) is 7.48. The molecule has 0 aliphatic carbocycles. The molecule has 1 aromatic carbocycles. The van der Waals surface area contributed by atoms with Crippen molar-refractivity contribution in [1.29, 1.82) is 0 Å². The van der Waals surface area contributed by atoms with Crippen LogP contribution in [0.5, 0.6) is 5.88 Å². The zero-order chi connectivity index (χ0) is 17.8. The molecule has 0 bridgehead atoms. The van der Waals surface area contributed by atoms with E-state index in [-0.39, 0.29) is 22.5 Å². The number of carbonyl (C=O) groups is 1. The smallest absolute Gasteiger partial charge is 0.289 e. The van der Waals surface area contributed by atoms with E-state index in [1.165, 1.54) is 24.4 Å². The maximum absolute atomic E-state index is 12.2. The van der Waals surface area contributed by atoms with Crippen LogP contribution in [-0.4, -0.2) is 35.1 Å². The standard InChI is InChI=1S/C16H14ClN3O5/c17-13-3-2-11(7-14(13)20(22)23)19-16(21)10-1-4-15(18-8-10)25-12-5-6-24-9-12/h1-4,7-8,12H,5-6,9H2,(H,19,21). The number of aromatic nitrogens is 1. The number of hydrogen-bond donors (Lipinski definition) is 1. The third-order valence-corrected chi connectivity index (χ3v) is 3.89. The summed E-state index contributed by atoms with van der Waals surface area (Å²) in [6.45, 7) is 1.19. The molecule has 8 nitrogen and oxygen atoms in total. The SMILES string of the molecule is O=C(Nc1ccc(Cl)c([N+](=O)[O-])c1)c1ccc(OC2CCOC2)nc1. The van der Waals surface area contributed by atoms with Crippen LogP contribution >= 0.6 is 11.6 Å². The van der Waals surface area contributed by atoms with Gasteiger partial charge in [-0.3, -0.25) is 14.9 Å². The molecule has 25 heavy (non-hydrogen) atoms. The van der Waals surface area contributed by atoms with Gasteiger partial charge in [0.15, 0.2) is 0 Å². The van der Waals surface area contributed by atoms with Crippen LogP contribution in [0.15, 0.2) is 36.5 Å². The van der Waals surface area contributed by atoms with E-state index in [9.17, 15) is 14.9 Å². The molecule has 130 valence electrons. The van der Waals surface area contributed by atoms with Gasteiger partial charge in [-0.2, -0.15) is 0 Å². The van der Waals surface area contributed by atoms with Gasteiger partial charge >= 0.3 is 0 Å². The monoisotopic (exact) mass is 363 g/mol. The largest absolute Gasteiger partial charge is 0.472 e. The lowest BCUT2D eigenvalue weighted by Crippen LogP contribution is -2.17. The van der Waals surface area contributed by atoms with Crippen molar-refractivity contribution < 1.29 is 19.2 Å². The number of pyridine rings is 1. The topological polar surface area (TPSA) is 104 Å². The molecule has 1 amide bonds. The summed E-state index contributed by atoms with van der Waals surface area (Å²) in [6.07, 6.45) is 2.16. The Hall–Kier alpha value is -2.71. The molecule has 1 aromatic heterocycles. The van der Waals surface area contributed by atoms with E-state index >= 15 is 0 Å². The average molecular weight is 364 g/mol. The first kappa shape index (κ1) is 17.1. The lowest BCUT2D eigenvalue weighted by atomic mass is 10.2. The summed E-state index contributed by atoms with van der Waals surface area (Å²) < 4.78 is 10.8. The van der Waals surface area contributed by atoms with Crippen LogP contribution in [0.25, 0.3) is 0 Å². The highest BCUT2D eigenvalue weighted by Crippen LogP contribution is 2.27.